The molecule has 0 aromatic heterocycles. The third-order valence-electron chi connectivity index (χ3n) is 6.82. The zero-order chi connectivity index (χ0) is 25.3. The molecule has 6 N–H and O–H groups in total. The van der Waals surface area contributed by atoms with E-state index in [1.54, 1.807) is 0 Å². The summed E-state index contributed by atoms with van der Waals surface area (Å²) in [5.74, 6) is -8.32. The van der Waals surface area contributed by atoms with Gasteiger partial charge in [0.2, 0.25) is 5.78 Å². The second kappa shape index (κ2) is 7.83. The molecule has 0 spiro atoms. The molecular formula is C22H21ClN2O9. The number of nitrogens with two attached hydrogens (primary N) is 1. The number of fused-ring (bicyclic) bond motifs is 3. The molecule has 1 aromatic rings. The van der Waals surface area contributed by atoms with Crippen LogP contribution in [-0.2, 0) is 23.9 Å². The van der Waals surface area contributed by atoms with E-state index in [-0.39, 0.29) is 29.0 Å². The van der Waals surface area contributed by atoms with Crippen molar-refractivity contribution in [3.8, 4) is 5.75 Å². The molecule has 4 rings (SSSR count). The Morgan fingerprint density at radius 2 is 1.91 bits per heavy atom. The van der Waals surface area contributed by atoms with Gasteiger partial charge in [-0.3, -0.25) is 24.1 Å². The molecule has 0 unspecified atom stereocenters. The van der Waals surface area contributed by atoms with Crippen molar-refractivity contribution in [3.05, 3.63) is 45.2 Å². The van der Waals surface area contributed by atoms with Gasteiger partial charge in [0.25, 0.3) is 12.4 Å². The number of ether oxygens (including phenoxy) is 1. The molecule has 0 saturated heterocycles. The van der Waals surface area contributed by atoms with Crippen LogP contribution in [0, 0.1) is 11.8 Å². The molecule has 0 radical (unpaired) electrons. The Hall–Kier alpha value is -3.41. The van der Waals surface area contributed by atoms with Crippen LogP contribution in [0.2, 0.25) is 5.02 Å². The van der Waals surface area contributed by atoms with Crippen molar-refractivity contribution in [1.29, 1.82) is 0 Å². The number of ketones is 2. The molecule has 3 aliphatic rings. The van der Waals surface area contributed by atoms with Crippen LogP contribution in [0.15, 0.2) is 29.0 Å². The molecule has 5 atom stereocenters. The first kappa shape index (κ1) is 23.7. The number of aliphatic hydroxyl groups is 3. The average Bonchev–Trinajstić information content (AvgIpc) is 2.74. The molecule has 180 valence electrons. The highest BCUT2D eigenvalue weighted by atomic mass is 35.5. The molecule has 0 heterocycles. The predicted octanol–water partition coefficient (Wildman–Crippen LogP) is 0.289. The SMILES string of the molecule is CN(C)[C@@H]1C(=O)C(C(N)=O)=C(O)[C@@]2(O)C(=O)C3=C(O)c4c(O)ccc(Cl)c4[C@@H](OC=O)[C@H]3C[C@@H]12. The average molecular weight is 493 g/mol. The number of primary amides is 1. The number of carbonyl (C=O) groups excluding carboxylic acids is 4. The van der Waals surface area contributed by atoms with Gasteiger partial charge in [0, 0.05) is 28.0 Å². The molecule has 0 aliphatic heterocycles. The second-order valence-electron chi connectivity index (χ2n) is 8.68. The summed E-state index contributed by atoms with van der Waals surface area (Å²) in [7, 11) is 2.95. The van der Waals surface area contributed by atoms with Crippen LogP contribution in [0.5, 0.6) is 5.75 Å². The van der Waals surface area contributed by atoms with Crippen molar-refractivity contribution in [2.75, 3.05) is 14.1 Å². The van der Waals surface area contributed by atoms with Crippen LogP contribution in [0.4, 0.5) is 0 Å². The maximum atomic E-state index is 13.7. The smallest absolute Gasteiger partial charge is 0.293 e. The number of carbonyl (C=O) groups is 4. The minimum absolute atomic E-state index is 0.0289. The summed E-state index contributed by atoms with van der Waals surface area (Å²) in [4.78, 5) is 51.5. The Labute approximate surface area is 197 Å². The lowest BCUT2D eigenvalue weighted by Crippen LogP contribution is -2.66. The standard InChI is InChI=1S/C22H21ClN2O9/c1-25(2)15-8-5-7-11(19(30)22(8,33)20(31)14(17(15)29)21(24)32)16(28)13-10(27)4-3-9(23)12(13)18(7)34-6-26/h3-4,6-8,15,18,27-28,31,33H,5H2,1-2H3,(H2,24,32)/t7-,8-,15-,18-,22-/m0/s1. The number of aliphatic hydroxyl groups excluding tert-OH is 2. The fourth-order valence-corrected chi connectivity index (χ4v) is 5.71. The number of Topliss-reactive ketones (excluding diaryl/α,β-unsaturated/α-hetero) is 2. The highest BCUT2D eigenvalue weighted by molar-refractivity contribution is 6.32. The third kappa shape index (κ3) is 2.90. The van der Waals surface area contributed by atoms with E-state index in [0.29, 0.717) is 0 Å². The van der Waals surface area contributed by atoms with E-state index in [1.165, 1.54) is 25.1 Å². The Kier molecular flexibility index (Phi) is 5.46. The van der Waals surface area contributed by atoms with Gasteiger partial charge in [-0.2, -0.15) is 0 Å². The van der Waals surface area contributed by atoms with Crippen molar-refractivity contribution < 1.29 is 44.3 Å². The summed E-state index contributed by atoms with van der Waals surface area (Å²) in [6.07, 6.45) is -1.52. The first-order valence-electron chi connectivity index (χ1n) is 10.1. The Morgan fingerprint density at radius 3 is 2.47 bits per heavy atom. The van der Waals surface area contributed by atoms with E-state index >= 15 is 0 Å². The number of phenols is 1. The number of rotatable bonds is 4. The van der Waals surface area contributed by atoms with Crippen molar-refractivity contribution >= 4 is 41.3 Å². The summed E-state index contributed by atoms with van der Waals surface area (Å²) in [5.41, 5.74) is 0.844. The normalized spacial score (nSPS) is 30.6. The van der Waals surface area contributed by atoms with Gasteiger partial charge >= 0.3 is 0 Å². The van der Waals surface area contributed by atoms with Gasteiger partial charge < -0.3 is 30.9 Å². The molecule has 3 aliphatic carbocycles. The quantitative estimate of drug-likeness (QED) is 0.288. The van der Waals surface area contributed by atoms with E-state index in [4.69, 9.17) is 22.1 Å². The number of nitrogens with zero attached hydrogens (tertiary/aromatic N) is 1. The van der Waals surface area contributed by atoms with Crippen LogP contribution in [0.1, 0.15) is 23.7 Å². The molecule has 1 aromatic carbocycles. The number of likely N-dealkylation sites (N-methyl/N-ethyl adjacent to an activating group) is 1. The molecule has 1 fully saturated rings. The number of aromatic hydroxyl groups is 1. The summed E-state index contributed by atoms with van der Waals surface area (Å²) < 4.78 is 5.23. The number of amides is 1. The van der Waals surface area contributed by atoms with Gasteiger partial charge in [-0.1, -0.05) is 11.6 Å². The topological polar surface area (TPSA) is 188 Å². The van der Waals surface area contributed by atoms with E-state index in [0.717, 1.165) is 6.07 Å². The fraction of sp³-hybridized carbons (Fsp3) is 0.364. The first-order chi connectivity index (χ1) is 15.9. The monoisotopic (exact) mass is 492 g/mol. The van der Waals surface area contributed by atoms with Crippen LogP contribution < -0.4 is 5.73 Å². The van der Waals surface area contributed by atoms with E-state index in [9.17, 15) is 39.6 Å². The van der Waals surface area contributed by atoms with Crippen LogP contribution >= 0.6 is 11.6 Å². The predicted molar refractivity (Wildman–Crippen MR) is 115 cm³/mol. The van der Waals surface area contributed by atoms with E-state index in [2.05, 4.69) is 0 Å². The summed E-state index contributed by atoms with van der Waals surface area (Å²) in [6.45, 7) is 0.109. The minimum atomic E-state index is -2.80. The zero-order valence-electron chi connectivity index (χ0n) is 18.0. The van der Waals surface area contributed by atoms with Crippen molar-refractivity contribution in [1.82, 2.24) is 4.90 Å². The Morgan fingerprint density at radius 1 is 1.26 bits per heavy atom. The lowest BCUT2D eigenvalue weighted by molar-refractivity contribution is -0.158. The van der Waals surface area contributed by atoms with E-state index < -0.39 is 75.5 Å². The third-order valence-corrected chi connectivity index (χ3v) is 7.15. The largest absolute Gasteiger partial charge is 0.508 e. The zero-order valence-corrected chi connectivity index (χ0v) is 18.7. The molecule has 34 heavy (non-hydrogen) atoms. The Balaban J connectivity index is 2.05. The van der Waals surface area contributed by atoms with Crippen LogP contribution in [-0.4, -0.2) is 75.0 Å². The molecule has 0 bridgehead atoms. The highest BCUT2D eigenvalue weighted by Crippen LogP contribution is 2.57. The van der Waals surface area contributed by atoms with Gasteiger partial charge in [-0.05, 0) is 32.6 Å². The van der Waals surface area contributed by atoms with Gasteiger partial charge in [-0.15, -0.1) is 0 Å². The molecule has 12 heteroatoms. The Bertz CT molecular complexity index is 1220. The number of hydrogen-bond acceptors (Lipinski definition) is 10. The molecule has 1 saturated carbocycles. The van der Waals surface area contributed by atoms with Crippen molar-refractivity contribution in [3.63, 3.8) is 0 Å². The van der Waals surface area contributed by atoms with Crippen LogP contribution in [0.3, 0.4) is 0 Å². The first-order valence-corrected chi connectivity index (χ1v) is 10.5. The number of benzene rings is 1. The van der Waals surface area contributed by atoms with Gasteiger partial charge in [0.05, 0.1) is 11.6 Å². The fourth-order valence-electron chi connectivity index (χ4n) is 5.44. The number of halogens is 1. The lowest BCUT2D eigenvalue weighted by Gasteiger charge is -2.51. The molecule has 1 amide bonds. The van der Waals surface area contributed by atoms with Gasteiger partial charge in [0.1, 0.15) is 28.9 Å². The maximum absolute atomic E-state index is 13.7. The van der Waals surface area contributed by atoms with E-state index in [1.807, 2.05) is 0 Å². The number of hydrogen-bond donors (Lipinski definition) is 5. The second-order valence-corrected chi connectivity index (χ2v) is 9.08. The minimum Gasteiger partial charge on any atom is -0.508 e. The van der Waals surface area contributed by atoms with Crippen molar-refractivity contribution in [2.24, 2.45) is 17.6 Å². The summed E-state index contributed by atoms with van der Waals surface area (Å²) in [5, 5.41) is 43.8. The lowest BCUT2D eigenvalue weighted by atomic mass is 9.57. The van der Waals surface area contributed by atoms with Crippen molar-refractivity contribution in [2.45, 2.75) is 24.2 Å². The highest BCUT2D eigenvalue weighted by Gasteiger charge is 2.65. The van der Waals surface area contributed by atoms with Gasteiger partial charge in [0.15, 0.2) is 11.4 Å². The van der Waals surface area contributed by atoms with Crippen LogP contribution in [0.25, 0.3) is 5.76 Å². The summed E-state index contributed by atoms with van der Waals surface area (Å²) in [6, 6.07) is 1.20. The molecular weight excluding hydrogens is 472 g/mol. The summed E-state index contributed by atoms with van der Waals surface area (Å²) >= 11 is 6.29. The maximum Gasteiger partial charge on any atom is 0.293 e. The number of phenolic OH excluding ortho intramolecular Hbond substituents is 1. The van der Waals surface area contributed by atoms with Gasteiger partial charge in [-0.25, -0.2) is 0 Å². The molecule has 11 nitrogen and oxygen atoms in total.